The van der Waals surface area contributed by atoms with Gasteiger partial charge in [-0.05, 0) is 46.5 Å². The van der Waals surface area contributed by atoms with E-state index in [4.69, 9.17) is 10.8 Å². The molecule has 5 nitrogen and oxygen atoms in total. The van der Waals surface area contributed by atoms with Crippen LogP contribution in [0.3, 0.4) is 0 Å². The van der Waals surface area contributed by atoms with Crippen molar-refractivity contribution in [1.82, 2.24) is 4.72 Å². The number of rotatable bonds is 6. The Morgan fingerprint density at radius 1 is 1.50 bits per heavy atom. The second-order valence-corrected chi connectivity index (χ2v) is 6.75. The van der Waals surface area contributed by atoms with Crippen molar-refractivity contribution in [3.8, 4) is 0 Å². The third-order valence-corrected chi connectivity index (χ3v) is 4.89. The van der Waals surface area contributed by atoms with Crippen LogP contribution in [-0.2, 0) is 10.0 Å². The molecule has 0 amide bonds. The highest BCUT2D eigenvalue weighted by atomic mass is 79.9. The standard InChI is InChI=1S/C11H17BrN2O3S/c1-8(4-5-15)7-14-18(16,17)11-3-2-9(13)6-10(11)12/h2-3,6,8,14-15H,4-5,7,13H2,1H3. The molecule has 0 heterocycles. The first-order valence-corrected chi connectivity index (χ1v) is 7.80. The van der Waals surface area contributed by atoms with E-state index in [1.54, 1.807) is 6.07 Å². The predicted octanol–water partition coefficient (Wildman–Crippen LogP) is 1.33. The summed E-state index contributed by atoms with van der Waals surface area (Å²) in [5.74, 6) is 0.0809. The minimum Gasteiger partial charge on any atom is -0.399 e. The first-order valence-electron chi connectivity index (χ1n) is 5.52. The molecule has 0 aliphatic carbocycles. The lowest BCUT2D eigenvalue weighted by Crippen LogP contribution is -2.29. The highest BCUT2D eigenvalue weighted by molar-refractivity contribution is 9.10. The minimum absolute atomic E-state index is 0.0501. The molecule has 0 saturated carbocycles. The maximum atomic E-state index is 12.0. The summed E-state index contributed by atoms with van der Waals surface area (Å²) in [6.45, 7) is 2.21. The molecule has 0 aliphatic rings. The van der Waals surface area contributed by atoms with E-state index in [0.717, 1.165) is 0 Å². The van der Waals surface area contributed by atoms with Gasteiger partial charge in [0.1, 0.15) is 0 Å². The number of halogens is 1. The van der Waals surface area contributed by atoms with Crippen molar-refractivity contribution in [3.63, 3.8) is 0 Å². The van der Waals surface area contributed by atoms with Gasteiger partial charge in [-0.15, -0.1) is 0 Å². The van der Waals surface area contributed by atoms with Crippen LogP contribution in [0.5, 0.6) is 0 Å². The second-order valence-electron chi connectivity index (χ2n) is 4.16. The van der Waals surface area contributed by atoms with Gasteiger partial charge in [-0.1, -0.05) is 6.92 Å². The average molecular weight is 337 g/mol. The molecule has 4 N–H and O–H groups in total. The normalized spacial score (nSPS) is 13.5. The monoisotopic (exact) mass is 336 g/mol. The summed E-state index contributed by atoms with van der Waals surface area (Å²) >= 11 is 3.18. The van der Waals surface area contributed by atoms with Crippen LogP contribution in [-0.4, -0.2) is 26.7 Å². The topological polar surface area (TPSA) is 92.4 Å². The van der Waals surface area contributed by atoms with Crippen LogP contribution in [0.1, 0.15) is 13.3 Å². The molecular formula is C11H17BrN2O3S. The van der Waals surface area contributed by atoms with Gasteiger partial charge in [-0.25, -0.2) is 13.1 Å². The Kier molecular flexibility index (Phi) is 5.58. The minimum atomic E-state index is -3.56. The van der Waals surface area contributed by atoms with Gasteiger partial charge in [-0.3, -0.25) is 0 Å². The van der Waals surface area contributed by atoms with E-state index < -0.39 is 10.0 Å². The highest BCUT2D eigenvalue weighted by Gasteiger charge is 2.18. The Balaban J connectivity index is 2.80. The van der Waals surface area contributed by atoms with Crippen molar-refractivity contribution < 1.29 is 13.5 Å². The van der Waals surface area contributed by atoms with Crippen molar-refractivity contribution in [2.24, 2.45) is 5.92 Å². The van der Waals surface area contributed by atoms with Crippen LogP contribution in [0.4, 0.5) is 5.69 Å². The predicted molar refractivity (Wildman–Crippen MR) is 74.6 cm³/mol. The Bertz CT molecular complexity index is 505. The summed E-state index contributed by atoms with van der Waals surface area (Å²) in [7, 11) is -3.56. The van der Waals surface area contributed by atoms with Gasteiger partial charge in [0.25, 0.3) is 0 Å². The molecule has 0 aliphatic heterocycles. The molecule has 1 rings (SSSR count). The van der Waals surface area contributed by atoms with Gasteiger partial charge in [0.05, 0.1) is 4.90 Å². The lowest BCUT2D eigenvalue weighted by molar-refractivity contribution is 0.263. The number of aliphatic hydroxyl groups excluding tert-OH is 1. The molecule has 0 radical (unpaired) electrons. The van der Waals surface area contributed by atoms with Crippen LogP contribution in [0, 0.1) is 5.92 Å². The number of hydrogen-bond acceptors (Lipinski definition) is 4. The smallest absolute Gasteiger partial charge is 0.241 e. The molecule has 1 unspecified atom stereocenters. The molecule has 0 fully saturated rings. The lowest BCUT2D eigenvalue weighted by atomic mass is 10.1. The molecule has 0 bridgehead atoms. The lowest BCUT2D eigenvalue weighted by Gasteiger charge is -2.12. The first kappa shape index (κ1) is 15.4. The zero-order valence-electron chi connectivity index (χ0n) is 10.1. The van der Waals surface area contributed by atoms with Crippen molar-refractivity contribution in [2.45, 2.75) is 18.2 Å². The van der Waals surface area contributed by atoms with Gasteiger partial charge in [-0.2, -0.15) is 0 Å². The number of sulfonamides is 1. The maximum Gasteiger partial charge on any atom is 0.241 e. The summed E-state index contributed by atoms with van der Waals surface area (Å²) in [4.78, 5) is 0.160. The summed E-state index contributed by atoms with van der Waals surface area (Å²) in [5, 5.41) is 8.76. The molecule has 1 aromatic carbocycles. The number of anilines is 1. The summed E-state index contributed by atoms with van der Waals surface area (Å²) in [6, 6.07) is 4.54. The van der Waals surface area contributed by atoms with Crippen molar-refractivity contribution in [2.75, 3.05) is 18.9 Å². The largest absolute Gasteiger partial charge is 0.399 e. The fraction of sp³-hybridized carbons (Fsp3) is 0.455. The van der Waals surface area contributed by atoms with Crippen molar-refractivity contribution in [3.05, 3.63) is 22.7 Å². The zero-order valence-corrected chi connectivity index (χ0v) is 12.5. The molecule has 1 atom stereocenters. The fourth-order valence-electron chi connectivity index (χ4n) is 1.39. The van der Waals surface area contributed by atoms with Crippen molar-refractivity contribution in [1.29, 1.82) is 0 Å². The van der Waals surface area contributed by atoms with E-state index in [1.807, 2.05) is 6.92 Å². The number of nitrogens with two attached hydrogens (primary N) is 1. The molecule has 0 spiro atoms. The third-order valence-electron chi connectivity index (χ3n) is 2.49. The summed E-state index contributed by atoms with van der Waals surface area (Å²) in [6.07, 6.45) is 0.561. The number of nitrogen functional groups attached to an aromatic ring is 1. The number of hydrogen-bond donors (Lipinski definition) is 3. The molecule has 0 saturated heterocycles. The number of aliphatic hydroxyl groups is 1. The molecular weight excluding hydrogens is 320 g/mol. The average Bonchev–Trinajstić information content (AvgIpc) is 2.26. The van der Waals surface area contributed by atoms with E-state index in [2.05, 4.69) is 20.7 Å². The van der Waals surface area contributed by atoms with Crippen LogP contribution < -0.4 is 10.5 Å². The van der Waals surface area contributed by atoms with Crippen LogP contribution in [0.2, 0.25) is 0 Å². The summed E-state index contributed by atoms with van der Waals surface area (Å²) < 4.78 is 27.0. The maximum absolute atomic E-state index is 12.0. The second kappa shape index (κ2) is 6.51. The highest BCUT2D eigenvalue weighted by Crippen LogP contribution is 2.24. The van der Waals surface area contributed by atoms with Gasteiger partial charge in [0.15, 0.2) is 0 Å². The van der Waals surface area contributed by atoms with E-state index in [9.17, 15) is 8.42 Å². The van der Waals surface area contributed by atoms with Crippen LogP contribution >= 0.6 is 15.9 Å². The molecule has 18 heavy (non-hydrogen) atoms. The van der Waals surface area contributed by atoms with Gasteiger partial charge >= 0.3 is 0 Å². The van der Waals surface area contributed by atoms with Gasteiger partial charge < -0.3 is 10.8 Å². The first-order chi connectivity index (χ1) is 8.36. The van der Waals surface area contributed by atoms with Crippen molar-refractivity contribution >= 4 is 31.6 Å². The summed E-state index contributed by atoms with van der Waals surface area (Å²) in [5.41, 5.74) is 6.05. The Labute approximate surface area is 116 Å². The molecule has 7 heteroatoms. The van der Waals surface area contributed by atoms with Gasteiger partial charge in [0, 0.05) is 23.3 Å². The van der Waals surface area contributed by atoms with E-state index >= 15 is 0 Å². The number of benzene rings is 1. The molecule has 102 valence electrons. The zero-order chi connectivity index (χ0) is 13.8. The van der Waals surface area contributed by atoms with Gasteiger partial charge in [0.2, 0.25) is 10.0 Å². The Morgan fingerprint density at radius 3 is 2.72 bits per heavy atom. The fourth-order valence-corrected chi connectivity index (χ4v) is 3.65. The molecule has 1 aromatic rings. The van der Waals surface area contributed by atoms with Crippen LogP contribution in [0.25, 0.3) is 0 Å². The van der Waals surface area contributed by atoms with E-state index in [-0.39, 0.29) is 17.4 Å². The van der Waals surface area contributed by atoms with E-state index in [1.165, 1.54) is 12.1 Å². The van der Waals surface area contributed by atoms with Crippen LogP contribution in [0.15, 0.2) is 27.6 Å². The molecule has 0 aromatic heterocycles. The number of nitrogens with one attached hydrogen (secondary N) is 1. The Hall–Kier alpha value is -0.630. The quantitative estimate of drug-likeness (QED) is 0.683. The third kappa shape index (κ3) is 4.24. The van der Waals surface area contributed by atoms with E-state index in [0.29, 0.717) is 23.1 Å². The Morgan fingerprint density at radius 2 is 2.17 bits per heavy atom. The SMILES string of the molecule is CC(CCO)CNS(=O)(=O)c1ccc(N)cc1Br.